The summed E-state index contributed by atoms with van der Waals surface area (Å²) in [5, 5.41) is 0.589. The average molecular weight is 402 g/mol. The van der Waals surface area contributed by atoms with Gasteiger partial charge in [-0.1, -0.05) is 23.7 Å². The fourth-order valence-electron chi connectivity index (χ4n) is 2.43. The van der Waals surface area contributed by atoms with Crippen molar-refractivity contribution in [2.75, 3.05) is 0 Å². The summed E-state index contributed by atoms with van der Waals surface area (Å²) in [5.41, 5.74) is 6.19. The van der Waals surface area contributed by atoms with Crippen molar-refractivity contribution in [2.45, 2.75) is 19.3 Å². The van der Waals surface area contributed by atoms with Gasteiger partial charge in [-0.05, 0) is 42.0 Å². The molecule has 0 spiro atoms. The van der Waals surface area contributed by atoms with Gasteiger partial charge in [0.25, 0.3) is 0 Å². The first kappa shape index (κ1) is 19.6. The van der Waals surface area contributed by atoms with Crippen molar-refractivity contribution in [1.82, 2.24) is 15.8 Å². The number of amides is 2. The highest BCUT2D eigenvalue weighted by Gasteiger charge is 2.10. The molecule has 1 heterocycles. The van der Waals surface area contributed by atoms with Crippen LogP contribution in [0.4, 0.5) is 4.39 Å². The number of carbonyl (C=O) groups is 2. The monoisotopic (exact) mass is 401 g/mol. The van der Waals surface area contributed by atoms with Gasteiger partial charge in [0.15, 0.2) is 11.7 Å². The topological polar surface area (TPSA) is 84.2 Å². The van der Waals surface area contributed by atoms with E-state index in [1.165, 1.54) is 18.3 Å². The Morgan fingerprint density at radius 2 is 1.68 bits per heavy atom. The lowest BCUT2D eigenvalue weighted by Crippen LogP contribution is -2.42. The third-order valence-electron chi connectivity index (χ3n) is 3.87. The van der Waals surface area contributed by atoms with Gasteiger partial charge in [0.2, 0.25) is 11.8 Å². The molecule has 28 heavy (non-hydrogen) atoms. The van der Waals surface area contributed by atoms with E-state index < -0.39 is 0 Å². The third kappa shape index (κ3) is 5.65. The first-order valence-electron chi connectivity index (χ1n) is 8.52. The van der Waals surface area contributed by atoms with Gasteiger partial charge >= 0.3 is 0 Å². The smallest absolute Gasteiger partial charge is 0.242 e. The van der Waals surface area contributed by atoms with E-state index in [1.54, 1.807) is 36.4 Å². The van der Waals surface area contributed by atoms with E-state index in [0.717, 1.165) is 5.56 Å². The predicted molar refractivity (Wildman–Crippen MR) is 102 cm³/mol. The fourth-order valence-corrected chi connectivity index (χ4v) is 2.55. The van der Waals surface area contributed by atoms with Crippen molar-refractivity contribution in [3.8, 4) is 11.3 Å². The number of aryl methyl sites for hydroxylation is 1. The van der Waals surface area contributed by atoms with Crippen molar-refractivity contribution < 1.29 is 18.4 Å². The number of rotatable bonds is 6. The van der Waals surface area contributed by atoms with Gasteiger partial charge in [-0.15, -0.1) is 0 Å². The molecule has 2 N–H and O–H groups in total. The molecule has 0 unspecified atom stereocenters. The molecule has 0 aliphatic rings. The summed E-state index contributed by atoms with van der Waals surface area (Å²) in [6.45, 7) is 0. The van der Waals surface area contributed by atoms with Crippen LogP contribution in [0, 0.1) is 5.82 Å². The minimum Gasteiger partial charge on any atom is -0.441 e. The van der Waals surface area contributed by atoms with Gasteiger partial charge in [-0.3, -0.25) is 20.4 Å². The maximum absolute atomic E-state index is 13.0. The molecular weight excluding hydrogens is 385 g/mol. The van der Waals surface area contributed by atoms with Crippen LogP contribution in [0.1, 0.15) is 17.9 Å². The van der Waals surface area contributed by atoms with Crippen molar-refractivity contribution in [3.63, 3.8) is 0 Å². The first-order chi connectivity index (χ1) is 13.5. The van der Waals surface area contributed by atoms with Crippen LogP contribution in [0.2, 0.25) is 5.02 Å². The second-order valence-corrected chi connectivity index (χ2v) is 6.46. The highest BCUT2D eigenvalue weighted by molar-refractivity contribution is 6.30. The lowest BCUT2D eigenvalue weighted by Gasteiger charge is -2.07. The van der Waals surface area contributed by atoms with Gasteiger partial charge < -0.3 is 4.42 Å². The summed E-state index contributed by atoms with van der Waals surface area (Å²) in [7, 11) is 0. The highest BCUT2D eigenvalue weighted by Crippen LogP contribution is 2.21. The Bertz CT molecular complexity index is 956. The SMILES string of the molecule is O=C(CCc1ncc(-c2ccc(F)cc2)o1)NNC(=O)Cc1ccc(Cl)cc1. The van der Waals surface area contributed by atoms with E-state index in [1.807, 2.05) is 0 Å². The van der Waals surface area contributed by atoms with Crippen LogP contribution >= 0.6 is 11.6 Å². The summed E-state index contributed by atoms with van der Waals surface area (Å²) in [6, 6.07) is 12.7. The minimum absolute atomic E-state index is 0.0879. The normalized spacial score (nSPS) is 10.5. The van der Waals surface area contributed by atoms with E-state index in [2.05, 4.69) is 15.8 Å². The number of nitrogens with one attached hydrogen (secondary N) is 2. The second kappa shape index (κ2) is 9.14. The van der Waals surface area contributed by atoms with E-state index in [-0.39, 0.29) is 36.9 Å². The predicted octanol–water partition coefficient (Wildman–Crippen LogP) is 3.46. The summed E-state index contributed by atoms with van der Waals surface area (Å²) in [6.07, 6.45) is 2.00. The van der Waals surface area contributed by atoms with Gasteiger partial charge in [0.1, 0.15) is 5.82 Å². The zero-order valence-corrected chi connectivity index (χ0v) is 15.5. The van der Waals surface area contributed by atoms with Gasteiger partial charge in [0, 0.05) is 23.4 Å². The number of hydrazine groups is 1. The Morgan fingerprint density at radius 1 is 1.00 bits per heavy atom. The molecular formula is C20H17ClFN3O3. The van der Waals surface area contributed by atoms with E-state index in [9.17, 15) is 14.0 Å². The van der Waals surface area contributed by atoms with E-state index in [0.29, 0.717) is 22.2 Å². The van der Waals surface area contributed by atoms with Gasteiger partial charge in [0.05, 0.1) is 12.6 Å². The molecule has 0 saturated heterocycles. The zero-order chi connectivity index (χ0) is 19.9. The largest absolute Gasteiger partial charge is 0.441 e. The molecule has 144 valence electrons. The van der Waals surface area contributed by atoms with Crippen LogP contribution in [-0.2, 0) is 22.4 Å². The number of benzene rings is 2. The van der Waals surface area contributed by atoms with Crippen molar-refractivity contribution in [3.05, 3.63) is 77.0 Å². The zero-order valence-electron chi connectivity index (χ0n) is 14.7. The summed E-state index contributed by atoms with van der Waals surface area (Å²) >= 11 is 5.79. The number of aromatic nitrogens is 1. The van der Waals surface area contributed by atoms with Crippen LogP contribution in [0.3, 0.4) is 0 Å². The number of hydrogen-bond acceptors (Lipinski definition) is 4. The summed E-state index contributed by atoms with van der Waals surface area (Å²) < 4.78 is 18.5. The lowest BCUT2D eigenvalue weighted by molar-refractivity contribution is -0.128. The Balaban J connectivity index is 1.42. The van der Waals surface area contributed by atoms with Crippen molar-refractivity contribution in [2.24, 2.45) is 0 Å². The van der Waals surface area contributed by atoms with Gasteiger partial charge in [-0.2, -0.15) is 0 Å². The lowest BCUT2D eigenvalue weighted by atomic mass is 10.1. The van der Waals surface area contributed by atoms with Crippen LogP contribution in [0.25, 0.3) is 11.3 Å². The third-order valence-corrected chi connectivity index (χ3v) is 4.12. The maximum atomic E-state index is 13.0. The van der Waals surface area contributed by atoms with Crippen LogP contribution in [0.5, 0.6) is 0 Å². The molecule has 0 aliphatic heterocycles. The average Bonchev–Trinajstić information content (AvgIpc) is 3.16. The van der Waals surface area contributed by atoms with Crippen LogP contribution in [-0.4, -0.2) is 16.8 Å². The molecule has 1 aromatic heterocycles. The van der Waals surface area contributed by atoms with E-state index in [4.69, 9.17) is 16.0 Å². The summed E-state index contributed by atoms with van der Waals surface area (Å²) in [5.74, 6) is -0.178. The maximum Gasteiger partial charge on any atom is 0.242 e. The minimum atomic E-state index is -0.369. The number of carbonyl (C=O) groups excluding carboxylic acids is 2. The molecule has 0 radical (unpaired) electrons. The first-order valence-corrected chi connectivity index (χ1v) is 8.90. The van der Waals surface area contributed by atoms with E-state index >= 15 is 0 Å². The molecule has 3 aromatic rings. The number of nitrogens with zero attached hydrogens (tertiary/aromatic N) is 1. The molecule has 0 bridgehead atoms. The molecule has 0 aliphatic carbocycles. The molecule has 2 amide bonds. The molecule has 8 heteroatoms. The highest BCUT2D eigenvalue weighted by atomic mass is 35.5. The van der Waals surface area contributed by atoms with Crippen molar-refractivity contribution >= 4 is 23.4 Å². The summed E-state index contributed by atoms with van der Waals surface area (Å²) in [4.78, 5) is 27.8. The quantitative estimate of drug-likeness (QED) is 0.619. The Hall–Kier alpha value is -3.19. The Morgan fingerprint density at radius 3 is 2.39 bits per heavy atom. The number of oxazole rings is 1. The molecule has 0 fully saturated rings. The van der Waals surface area contributed by atoms with Crippen molar-refractivity contribution in [1.29, 1.82) is 0 Å². The molecule has 2 aromatic carbocycles. The van der Waals surface area contributed by atoms with Crippen LogP contribution < -0.4 is 10.9 Å². The molecule has 0 atom stereocenters. The van der Waals surface area contributed by atoms with Crippen LogP contribution in [0.15, 0.2) is 59.1 Å². The molecule has 3 rings (SSSR count). The Kier molecular flexibility index (Phi) is 6.39. The number of halogens is 2. The Labute approximate surface area is 165 Å². The fraction of sp³-hybridized carbons (Fsp3) is 0.150. The standard InChI is InChI=1S/C20H17ClFN3O3/c21-15-5-1-13(2-6-15)11-19(27)25-24-18(26)9-10-20-23-12-17(28-20)14-3-7-16(22)8-4-14/h1-8,12H,9-11H2,(H,24,26)(H,25,27). The molecule has 0 saturated carbocycles. The molecule has 6 nitrogen and oxygen atoms in total. The second-order valence-electron chi connectivity index (χ2n) is 6.02. The number of hydrogen-bond donors (Lipinski definition) is 2. The van der Waals surface area contributed by atoms with Gasteiger partial charge in [-0.25, -0.2) is 9.37 Å².